The van der Waals surface area contributed by atoms with Crippen molar-refractivity contribution in [2.45, 2.75) is 0 Å². The predicted octanol–water partition coefficient (Wildman–Crippen LogP) is 4.23. The summed E-state index contributed by atoms with van der Waals surface area (Å²) in [5.74, 6) is -0.959. The molecular weight excluding hydrogens is 292 g/mol. The highest BCUT2D eigenvalue weighted by Gasteiger charge is 2.19. The highest BCUT2D eigenvalue weighted by Crippen LogP contribution is 2.45. The van der Waals surface area contributed by atoms with E-state index in [-0.39, 0.29) is 27.5 Å². The maximum atomic E-state index is 11.6. The van der Waals surface area contributed by atoms with Crippen LogP contribution < -0.4 is 0 Å². The minimum atomic E-state index is -0.811. The number of amides is 1. The van der Waals surface area contributed by atoms with Gasteiger partial charge in [-0.15, -0.1) is 5.11 Å². The molecule has 104 valence electrons. The Bertz CT molecular complexity index is 922. The van der Waals surface area contributed by atoms with Gasteiger partial charge in [0.25, 0.3) is 5.91 Å². The molecule has 3 aromatic carbocycles. The number of phenols is 2. The fraction of sp³-hybridized carbons (Fsp3) is 0. The molecule has 0 spiro atoms. The number of phenolic OH excluding ortho intramolecular Hbond substituents is 2. The third-order valence-electron chi connectivity index (χ3n) is 3.40. The Balaban J connectivity index is 2.55. The number of nitrogens with zero attached hydrogens (tertiary/aromatic N) is 1. The number of hydrogen-bond acceptors (Lipinski definition) is 4. The summed E-state index contributed by atoms with van der Waals surface area (Å²) in [6.45, 7) is 0. The smallest absolute Gasteiger partial charge is 0.296 e. The first kappa shape index (κ1) is 13.3. The van der Waals surface area contributed by atoms with Crippen LogP contribution in [0.1, 0.15) is 10.4 Å². The van der Waals surface area contributed by atoms with Gasteiger partial charge in [-0.2, -0.15) is 0 Å². The van der Waals surface area contributed by atoms with Gasteiger partial charge in [-0.3, -0.25) is 4.79 Å². The molecule has 0 heterocycles. The van der Waals surface area contributed by atoms with Gasteiger partial charge in [0.1, 0.15) is 11.5 Å². The summed E-state index contributed by atoms with van der Waals surface area (Å²) in [6, 6.07) is 9.63. The predicted molar refractivity (Wildman–Crippen MR) is 79.3 cm³/mol. The van der Waals surface area contributed by atoms with E-state index in [1.54, 1.807) is 24.3 Å². The van der Waals surface area contributed by atoms with Crippen LogP contribution in [0, 0.1) is 5.53 Å². The topological polar surface area (TPSA) is 93.7 Å². The van der Waals surface area contributed by atoms with Crippen LogP contribution in [-0.2, 0) is 0 Å². The molecule has 3 N–H and O–H groups in total. The Labute approximate surface area is 123 Å². The van der Waals surface area contributed by atoms with E-state index >= 15 is 0 Å². The monoisotopic (exact) mass is 300 g/mol. The summed E-state index contributed by atoms with van der Waals surface area (Å²) in [5, 5.41) is 24.9. The van der Waals surface area contributed by atoms with Crippen molar-refractivity contribution in [3.8, 4) is 11.5 Å². The molecule has 6 heteroatoms. The second-order valence-electron chi connectivity index (χ2n) is 4.51. The third kappa shape index (κ3) is 1.82. The highest BCUT2D eigenvalue weighted by atomic mass is 35.5. The molecule has 0 aliphatic heterocycles. The molecule has 5 nitrogen and oxygen atoms in total. The fourth-order valence-electron chi connectivity index (χ4n) is 2.41. The fourth-order valence-corrected chi connectivity index (χ4v) is 2.74. The molecule has 0 atom stereocenters. The van der Waals surface area contributed by atoms with Crippen molar-refractivity contribution in [1.29, 1.82) is 5.53 Å². The molecule has 0 saturated carbocycles. The standard InChI is InChI=1S/C15H9ClN2O3/c16-12-10(15(21)18-17)6-5-9-11(12)14(20)8-4-2-1-3-7(8)13(9)19/h1-6,17,19-20H. The summed E-state index contributed by atoms with van der Waals surface area (Å²) in [7, 11) is 0. The number of fused-ring (bicyclic) bond motifs is 2. The number of aromatic hydroxyl groups is 2. The summed E-state index contributed by atoms with van der Waals surface area (Å²) >= 11 is 6.16. The molecular formula is C15H9ClN2O3. The second kappa shape index (κ2) is 4.71. The molecule has 1 amide bonds. The first-order valence-corrected chi connectivity index (χ1v) is 6.40. The zero-order valence-electron chi connectivity index (χ0n) is 10.6. The Morgan fingerprint density at radius 1 is 1.00 bits per heavy atom. The van der Waals surface area contributed by atoms with Crippen molar-refractivity contribution in [3.63, 3.8) is 0 Å². The van der Waals surface area contributed by atoms with Crippen molar-refractivity contribution in [1.82, 2.24) is 0 Å². The summed E-state index contributed by atoms with van der Waals surface area (Å²) in [6.07, 6.45) is 0. The molecule has 0 saturated heterocycles. The molecule has 0 unspecified atom stereocenters. The molecule has 3 rings (SSSR count). The largest absolute Gasteiger partial charge is 0.507 e. The van der Waals surface area contributed by atoms with Gasteiger partial charge >= 0.3 is 0 Å². The van der Waals surface area contributed by atoms with Crippen molar-refractivity contribution in [3.05, 3.63) is 47.0 Å². The minimum absolute atomic E-state index is 0.00384. The SMILES string of the molecule is N=NC(=O)c1ccc2c(O)c3ccccc3c(O)c2c1Cl. The Morgan fingerprint density at radius 2 is 1.62 bits per heavy atom. The lowest BCUT2D eigenvalue weighted by Gasteiger charge is -2.12. The number of rotatable bonds is 1. The number of hydrogen-bond donors (Lipinski definition) is 3. The first-order chi connectivity index (χ1) is 10.1. The molecule has 21 heavy (non-hydrogen) atoms. The Hall–Kier alpha value is -2.66. The average Bonchev–Trinajstić information content (AvgIpc) is 2.51. The first-order valence-electron chi connectivity index (χ1n) is 6.03. The normalized spacial score (nSPS) is 10.9. The van der Waals surface area contributed by atoms with Gasteiger partial charge < -0.3 is 10.2 Å². The lowest BCUT2D eigenvalue weighted by Crippen LogP contribution is -1.95. The average molecular weight is 301 g/mol. The van der Waals surface area contributed by atoms with Gasteiger partial charge in [-0.1, -0.05) is 35.9 Å². The summed E-state index contributed by atoms with van der Waals surface area (Å²) in [5.41, 5.74) is 6.79. The van der Waals surface area contributed by atoms with E-state index in [9.17, 15) is 15.0 Å². The quantitative estimate of drug-likeness (QED) is 0.356. The Morgan fingerprint density at radius 3 is 2.24 bits per heavy atom. The van der Waals surface area contributed by atoms with Gasteiger partial charge in [-0.25, -0.2) is 5.53 Å². The van der Waals surface area contributed by atoms with Crippen LogP contribution in [0.25, 0.3) is 21.5 Å². The molecule has 3 aromatic rings. The highest BCUT2D eigenvalue weighted by molar-refractivity contribution is 6.40. The maximum Gasteiger partial charge on any atom is 0.296 e. The van der Waals surface area contributed by atoms with Gasteiger partial charge in [0.2, 0.25) is 0 Å². The van der Waals surface area contributed by atoms with Crippen LogP contribution in [0.5, 0.6) is 11.5 Å². The van der Waals surface area contributed by atoms with Crippen LogP contribution in [-0.4, -0.2) is 16.1 Å². The molecule has 0 aliphatic carbocycles. The number of benzene rings is 3. The van der Waals surface area contributed by atoms with E-state index in [1.807, 2.05) is 0 Å². The van der Waals surface area contributed by atoms with Gasteiger partial charge in [-0.05, 0) is 12.1 Å². The zero-order chi connectivity index (χ0) is 15.1. The maximum absolute atomic E-state index is 11.6. The van der Waals surface area contributed by atoms with Gasteiger partial charge in [0.05, 0.1) is 10.6 Å². The molecule has 0 fully saturated rings. The lowest BCUT2D eigenvalue weighted by atomic mass is 9.98. The molecule has 0 bridgehead atoms. The van der Waals surface area contributed by atoms with Crippen LogP contribution in [0.15, 0.2) is 41.5 Å². The minimum Gasteiger partial charge on any atom is -0.507 e. The summed E-state index contributed by atoms with van der Waals surface area (Å²) in [4.78, 5) is 11.6. The van der Waals surface area contributed by atoms with E-state index in [4.69, 9.17) is 17.1 Å². The number of carbonyl (C=O) groups excluding carboxylic acids is 1. The summed E-state index contributed by atoms with van der Waals surface area (Å²) < 4.78 is 0. The molecule has 0 aliphatic rings. The van der Waals surface area contributed by atoms with Crippen LogP contribution >= 0.6 is 11.6 Å². The van der Waals surface area contributed by atoms with E-state index in [0.29, 0.717) is 16.2 Å². The van der Waals surface area contributed by atoms with Gasteiger partial charge in [0, 0.05) is 21.5 Å². The van der Waals surface area contributed by atoms with Crippen molar-refractivity contribution in [2.24, 2.45) is 5.11 Å². The van der Waals surface area contributed by atoms with Crippen LogP contribution in [0.3, 0.4) is 0 Å². The van der Waals surface area contributed by atoms with Crippen LogP contribution in [0.4, 0.5) is 0 Å². The Kier molecular flexibility index (Phi) is 2.99. The van der Waals surface area contributed by atoms with E-state index < -0.39 is 5.91 Å². The van der Waals surface area contributed by atoms with E-state index in [0.717, 1.165) is 0 Å². The molecule has 0 aromatic heterocycles. The molecule has 0 radical (unpaired) electrons. The number of nitrogens with one attached hydrogen (secondary N) is 1. The number of carbonyl (C=O) groups is 1. The second-order valence-corrected chi connectivity index (χ2v) is 4.89. The van der Waals surface area contributed by atoms with Crippen molar-refractivity contribution >= 4 is 39.1 Å². The third-order valence-corrected chi connectivity index (χ3v) is 3.80. The van der Waals surface area contributed by atoms with Crippen molar-refractivity contribution in [2.75, 3.05) is 0 Å². The van der Waals surface area contributed by atoms with E-state index in [1.165, 1.54) is 12.1 Å². The van der Waals surface area contributed by atoms with Crippen molar-refractivity contribution < 1.29 is 15.0 Å². The van der Waals surface area contributed by atoms with E-state index in [2.05, 4.69) is 5.11 Å². The van der Waals surface area contributed by atoms with Gasteiger partial charge in [0.15, 0.2) is 0 Å². The zero-order valence-corrected chi connectivity index (χ0v) is 11.3. The van der Waals surface area contributed by atoms with Crippen LogP contribution in [0.2, 0.25) is 5.02 Å². The number of halogens is 1. The lowest BCUT2D eigenvalue weighted by molar-refractivity contribution is 0.0991.